The molecular weight excluding hydrogens is 274 g/mol. The normalized spacial score (nSPS) is 15.1. The second-order valence-electron chi connectivity index (χ2n) is 5.08. The van der Waals surface area contributed by atoms with Gasteiger partial charge in [-0.3, -0.25) is 10.1 Å². The molecule has 0 aromatic carbocycles. The molecule has 116 valence electrons. The summed E-state index contributed by atoms with van der Waals surface area (Å²) in [6, 6.07) is 0.264. The number of anilines is 2. The first-order valence-electron chi connectivity index (χ1n) is 7.21. The Bertz CT molecular complexity index is 477. The van der Waals surface area contributed by atoms with Crippen molar-refractivity contribution in [1.29, 1.82) is 0 Å². The second-order valence-corrected chi connectivity index (χ2v) is 5.08. The highest BCUT2D eigenvalue weighted by Crippen LogP contribution is 2.31. The van der Waals surface area contributed by atoms with E-state index in [1.807, 2.05) is 0 Å². The molecule has 21 heavy (non-hydrogen) atoms. The van der Waals surface area contributed by atoms with Crippen molar-refractivity contribution in [2.75, 3.05) is 30.9 Å². The SMILES string of the molecule is COCCCNc1ncnc(NC2CCCC2)c1[N+](=O)[O-]. The van der Waals surface area contributed by atoms with Crippen molar-refractivity contribution in [2.24, 2.45) is 0 Å². The topological polar surface area (TPSA) is 102 Å². The zero-order valence-electron chi connectivity index (χ0n) is 12.2. The molecule has 0 atom stereocenters. The van der Waals surface area contributed by atoms with Crippen LogP contribution in [0.5, 0.6) is 0 Å². The molecule has 2 N–H and O–H groups in total. The van der Waals surface area contributed by atoms with Crippen LogP contribution in [0.3, 0.4) is 0 Å². The third-order valence-electron chi connectivity index (χ3n) is 3.52. The minimum Gasteiger partial charge on any atom is -0.385 e. The lowest BCUT2D eigenvalue weighted by Gasteiger charge is -2.14. The van der Waals surface area contributed by atoms with Crippen LogP contribution in [-0.4, -0.2) is 41.2 Å². The van der Waals surface area contributed by atoms with Gasteiger partial charge in [-0.1, -0.05) is 12.8 Å². The Balaban J connectivity index is 2.10. The van der Waals surface area contributed by atoms with Gasteiger partial charge < -0.3 is 15.4 Å². The molecule has 0 radical (unpaired) electrons. The highest BCUT2D eigenvalue weighted by molar-refractivity contribution is 5.69. The lowest BCUT2D eigenvalue weighted by Crippen LogP contribution is -2.18. The zero-order chi connectivity index (χ0) is 15.1. The summed E-state index contributed by atoms with van der Waals surface area (Å²) >= 11 is 0. The summed E-state index contributed by atoms with van der Waals surface area (Å²) < 4.78 is 4.95. The van der Waals surface area contributed by atoms with Gasteiger partial charge in [0.15, 0.2) is 0 Å². The summed E-state index contributed by atoms with van der Waals surface area (Å²) in [4.78, 5) is 18.9. The van der Waals surface area contributed by atoms with Gasteiger partial charge in [0.25, 0.3) is 0 Å². The highest BCUT2D eigenvalue weighted by atomic mass is 16.6. The fourth-order valence-corrected chi connectivity index (χ4v) is 2.47. The minimum atomic E-state index is -0.435. The van der Waals surface area contributed by atoms with Crippen molar-refractivity contribution < 1.29 is 9.66 Å². The molecular formula is C13H21N5O3. The van der Waals surface area contributed by atoms with Crippen molar-refractivity contribution in [2.45, 2.75) is 38.1 Å². The monoisotopic (exact) mass is 295 g/mol. The number of aromatic nitrogens is 2. The van der Waals surface area contributed by atoms with E-state index in [1.54, 1.807) is 7.11 Å². The molecule has 2 rings (SSSR count). The summed E-state index contributed by atoms with van der Waals surface area (Å²) in [5.41, 5.74) is -0.0817. The first-order chi connectivity index (χ1) is 10.2. The first kappa shape index (κ1) is 15.4. The summed E-state index contributed by atoms with van der Waals surface area (Å²) in [5, 5.41) is 17.5. The Morgan fingerprint density at radius 3 is 2.76 bits per heavy atom. The van der Waals surface area contributed by atoms with Gasteiger partial charge in [-0.05, 0) is 19.3 Å². The summed E-state index contributed by atoms with van der Waals surface area (Å²) in [5.74, 6) is 0.558. The average Bonchev–Trinajstić information content (AvgIpc) is 2.96. The molecule has 1 heterocycles. The van der Waals surface area contributed by atoms with Gasteiger partial charge in [0.2, 0.25) is 11.6 Å². The van der Waals surface area contributed by atoms with Gasteiger partial charge in [-0.25, -0.2) is 9.97 Å². The van der Waals surface area contributed by atoms with Gasteiger partial charge in [0.1, 0.15) is 6.33 Å². The number of nitrogens with one attached hydrogen (secondary N) is 2. The molecule has 0 aliphatic heterocycles. The fraction of sp³-hybridized carbons (Fsp3) is 0.692. The molecule has 1 saturated carbocycles. The van der Waals surface area contributed by atoms with Crippen LogP contribution in [-0.2, 0) is 4.74 Å². The lowest BCUT2D eigenvalue weighted by atomic mass is 10.2. The standard InChI is InChI=1S/C13H21N5O3/c1-21-8-4-7-14-12-11(18(19)20)13(16-9-15-12)17-10-5-2-3-6-10/h9-10H,2-8H2,1H3,(H2,14,15,16,17). The zero-order valence-corrected chi connectivity index (χ0v) is 12.2. The quantitative estimate of drug-likeness (QED) is 0.430. The molecule has 1 aromatic heterocycles. The van der Waals surface area contributed by atoms with Crippen molar-refractivity contribution >= 4 is 17.3 Å². The Morgan fingerprint density at radius 2 is 2.10 bits per heavy atom. The molecule has 1 fully saturated rings. The average molecular weight is 295 g/mol. The molecule has 1 aromatic rings. The summed E-state index contributed by atoms with van der Waals surface area (Å²) in [7, 11) is 1.62. The number of methoxy groups -OCH3 is 1. The largest absolute Gasteiger partial charge is 0.385 e. The number of hydrogen-bond donors (Lipinski definition) is 2. The van der Waals surface area contributed by atoms with E-state index < -0.39 is 4.92 Å². The fourth-order valence-electron chi connectivity index (χ4n) is 2.47. The van der Waals surface area contributed by atoms with E-state index in [2.05, 4.69) is 20.6 Å². The van der Waals surface area contributed by atoms with Crippen molar-refractivity contribution in [3.63, 3.8) is 0 Å². The molecule has 8 nitrogen and oxygen atoms in total. The lowest BCUT2D eigenvalue weighted by molar-refractivity contribution is -0.383. The number of nitro groups is 1. The van der Waals surface area contributed by atoms with E-state index in [4.69, 9.17) is 4.74 Å². The van der Waals surface area contributed by atoms with Crippen LogP contribution >= 0.6 is 0 Å². The van der Waals surface area contributed by atoms with Gasteiger partial charge in [-0.15, -0.1) is 0 Å². The Morgan fingerprint density at radius 1 is 1.38 bits per heavy atom. The molecule has 1 aliphatic carbocycles. The van der Waals surface area contributed by atoms with E-state index >= 15 is 0 Å². The van der Waals surface area contributed by atoms with E-state index in [1.165, 1.54) is 6.33 Å². The van der Waals surface area contributed by atoms with Crippen molar-refractivity contribution in [3.05, 3.63) is 16.4 Å². The van der Waals surface area contributed by atoms with Crippen LogP contribution in [0.25, 0.3) is 0 Å². The maximum Gasteiger partial charge on any atom is 0.353 e. The summed E-state index contributed by atoms with van der Waals surface area (Å²) in [6.45, 7) is 1.16. The molecule has 0 spiro atoms. The van der Waals surface area contributed by atoms with Crippen LogP contribution in [0.4, 0.5) is 17.3 Å². The van der Waals surface area contributed by atoms with Crippen LogP contribution in [0, 0.1) is 10.1 Å². The van der Waals surface area contributed by atoms with Crippen LogP contribution < -0.4 is 10.6 Å². The van der Waals surface area contributed by atoms with Crippen molar-refractivity contribution in [1.82, 2.24) is 9.97 Å². The second kappa shape index (κ2) is 7.72. The van der Waals surface area contributed by atoms with Gasteiger partial charge in [-0.2, -0.15) is 0 Å². The molecule has 8 heteroatoms. The van der Waals surface area contributed by atoms with Gasteiger partial charge in [0, 0.05) is 26.3 Å². The molecule has 0 amide bonds. The van der Waals surface area contributed by atoms with Crippen LogP contribution in [0.2, 0.25) is 0 Å². The number of nitrogens with zero attached hydrogens (tertiary/aromatic N) is 3. The third kappa shape index (κ3) is 4.25. The predicted octanol–water partition coefficient (Wildman–Crippen LogP) is 2.19. The van der Waals surface area contributed by atoms with Gasteiger partial charge in [0.05, 0.1) is 4.92 Å². The van der Waals surface area contributed by atoms with E-state index in [9.17, 15) is 10.1 Å². The van der Waals surface area contributed by atoms with Crippen LogP contribution in [0.1, 0.15) is 32.1 Å². The minimum absolute atomic E-state index is 0.0817. The van der Waals surface area contributed by atoms with Crippen molar-refractivity contribution in [3.8, 4) is 0 Å². The van der Waals surface area contributed by atoms with Crippen LogP contribution in [0.15, 0.2) is 6.33 Å². The predicted molar refractivity (Wildman–Crippen MR) is 79.5 cm³/mol. The third-order valence-corrected chi connectivity index (χ3v) is 3.52. The number of ether oxygens (including phenoxy) is 1. The van der Waals surface area contributed by atoms with E-state index in [-0.39, 0.29) is 17.5 Å². The number of rotatable bonds is 8. The first-order valence-corrected chi connectivity index (χ1v) is 7.21. The molecule has 0 unspecified atom stereocenters. The number of hydrogen-bond acceptors (Lipinski definition) is 7. The van der Waals surface area contributed by atoms with E-state index in [0.29, 0.717) is 19.0 Å². The maximum atomic E-state index is 11.3. The van der Waals surface area contributed by atoms with Gasteiger partial charge >= 0.3 is 5.69 Å². The Kier molecular flexibility index (Phi) is 5.68. The smallest absolute Gasteiger partial charge is 0.353 e. The highest BCUT2D eigenvalue weighted by Gasteiger charge is 2.25. The molecule has 1 aliphatic rings. The molecule has 0 bridgehead atoms. The Hall–Kier alpha value is -1.96. The Labute approximate surface area is 123 Å². The molecule has 0 saturated heterocycles. The maximum absolute atomic E-state index is 11.3. The summed E-state index contributed by atoms with van der Waals surface area (Å²) in [6.07, 6.45) is 6.46. The van der Waals surface area contributed by atoms with E-state index in [0.717, 1.165) is 32.1 Å².